The molecule has 116 valence electrons. The van der Waals surface area contributed by atoms with Gasteiger partial charge in [0.1, 0.15) is 0 Å². The topological polar surface area (TPSA) is 68.0 Å². The van der Waals surface area contributed by atoms with Crippen molar-refractivity contribution in [3.8, 4) is 0 Å². The zero-order valence-corrected chi connectivity index (χ0v) is 12.8. The molecule has 0 unspecified atom stereocenters. The fourth-order valence-corrected chi connectivity index (χ4v) is 2.56. The van der Waals surface area contributed by atoms with Gasteiger partial charge in [-0.1, -0.05) is 30.3 Å². The van der Waals surface area contributed by atoms with Crippen LogP contribution >= 0.6 is 0 Å². The molecule has 0 saturated carbocycles. The number of pyridine rings is 1. The van der Waals surface area contributed by atoms with Gasteiger partial charge in [0.2, 0.25) is 0 Å². The van der Waals surface area contributed by atoms with E-state index in [-0.39, 0.29) is 5.56 Å². The smallest absolute Gasteiger partial charge is 0.336 e. The lowest BCUT2D eigenvalue weighted by molar-refractivity contribution is 0.0695. The van der Waals surface area contributed by atoms with Crippen LogP contribution in [0.1, 0.15) is 32.7 Å². The summed E-state index contributed by atoms with van der Waals surface area (Å²) in [6.45, 7) is 2.70. The van der Waals surface area contributed by atoms with E-state index in [2.05, 4.69) is 22.2 Å². The van der Waals surface area contributed by atoms with Crippen molar-refractivity contribution in [2.24, 2.45) is 0 Å². The summed E-state index contributed by atoms with van der Waals surface area (Å²) < 4.78 is 1.93. The third-order valence-corrected chi connectivity index (χ3v) is 3.89. The van der Waals surface area contributed by atoms with Crippen LogP contribution in [-0.2, 0) is 13.0 Å². The van der Waals surface area contributed by atoms with E-state index in [0.717, 1.165) is 11.3 Å². The first-order chi connectivity index (χ1) is 11.1. The molecule has 2 aromatic heterocycles. The Kier molecular flexibility index (Phi) is 4.19. The molecule has 0 spiro atoms. The zero-order chi connectivity index (χ0) is 16.2. The van der Waals surface area contributed by atoms with Crippen LogP contribution in [0.15, 0.2) is 55.0 Å². The van der Waals surface area contributed by atoms with Crippen LogP contribution in [0.3, 0.4) is 0 Å². The maximum atomic E-state index is 11.3. The van der Waals surface area contributed by atoms with Gasteiger partial charge in [-0.3, -0.25) is 9.67 Å². The van der Waals surface area contributed by atoms with Crippen LogP contribution in [0.4, 0.5) is 0 Å². The van der Waals surface area contributed by atoms with E-state index in [1.54, 1.807) is 12.4 Å². The number of rotatable bonds is 5. The molecule has 0 aliphatic carbocycles. The van der Waals surface area contributed by atoms with Crippen molar-refractivity contribution >= 4 is 5.97 Å². The van der Waals surface area contributed by atoms with Gasteiger partial charge in [-0.25, -0.2) is 4.79 Å². The highest BCUT2D eigenvalue weighted by atomic mass is 16.4. The molecule has 0 aliphatic heterocycles. The SMILES string of the molecule is Cc1c(Cc2cnccc2C(=O)O)cnn1Cc1ccccc1. The summed E-state index contributed by atoms with van der Waals surface area (Å²) in [6, 6.07) is 11.6. The predicted octanol–water partition coefficient (Wildman–Crippen LogP) is 2.92. The monoisotopic (exact) mass is 307 g/mol. The van der Waals surface area contributed by atoms with Crippen molar-refractivity contribution in [3.05, 3.63) is 82.9 Å². The molecule has 0 saturated heterocycles. The van der Waals surface area contributed by atoms with E-state index in [1.807, 2.05) is 29.8 Å². The summed E-state index contributed by atoms with van der Waals surface area (Å²) in [6.07, 6.45) is 5.42. The van der Waals surface area contributed by atoms with Gasteiger partial charge in [0.15, 0.2) is 0 Å². The average molecular weight is 307 g/mol. The molecule has 23 heavy (non-hydrogen) atoms. The number of hydrogen-bond donors (Lipinski definition) is 1. The predicted molar refractivity (Wildman–Crippen MR) is 86.5 cm³/mol. The Labute approximate surface area is 134 Å². The van der Waals surface area contributed by atoms with E-state index < -0.39 is 5.97 Å². The number of carboxylic acids is 1. The standard InChI is InChI=1S/C18H17N3O2/c1-13-15(9-16-10-19-8-7-17(16)18(22)23)11-20-21(13)12-14-5-3-2-4-6-14/h2-8,10-11H,9,12H2,1H3,(H,22,23). The van der Waals surface area contributed by atoms with E-state index in [4.69, 9.17) is 0 Å². The molecular weight excluding hydrogens is 290 g/mol. The van der Waals surface area contributed by atoms with Gasteiger partial charge in [-0.2, -0.15) is 5.10 Å². The molecule has 0 aliphatic rings. The second kappa shape index (κ2) is 6.44. The lowest BCUT2D eigenvalue weighted by atomic mass is 10.0. The van der Waals surface area contributed by atoms with Gasteiger partial charge in [0.05, 0.1) is 18.3 Å². The lowest BCUT2D eigenvalue weighted by Crippen LogP contribution is -2.06. The second-order valence-electron chi connectivity index (χ2n) is 5.41. The largest absolute Gasteiger partial charge is 0.478 e. The minimum Gasteiger partial charge on any atom is -0.478 e. The van der Waals surface area contributed by atoms with Crippen LogP contribution in [-0.4, -0.2) is 25.8 Å². The average Bonchev–Trinajstić information content (AvgIpc) is 2.89. The number of aromatic carboxylic acids is 1. The van der Waals surface area contributed by atoms with E-state index >= 15 is 0 Å². The fourth-order valence-electron chi connectivity index (χ4n) is 2.56. The molecule has 5 heteroatoms. The number of carboxylic acid groups (broad SMARTS) is 1. The van der Waals surface area contributed by atoms with Gasteiger partial charge in [-0.15, -0.1) is 0 Å². The Balaban J connectivity index is 1.84. The van der Waals surface area contributed by atoms with Crippen molar-refractivity contribution in [3.63, 3.8) is 0 Å². The lowest BCUT2D eigenvalue weighted by Gasteiger charge is -2.07. The highest BCUT2D eigenvalue weighted by molar-refractivity contribution is 5.89. The first-order valence-corrected chi connectivity index (χ1v) is 7.36. The van der Waals surface area contributed by atoms with Crippen molar-refractivity contribution in [2.45, 2.75) is 19.9 Å². The van der Waals surface area contributed by atoms with Crippen LogP contribution in [0.2, 0.25) is 0 Å². The van der Waals surface area contributed by atoms with Gasteiger partial charge in [0.25, 0.3) is 0 Å². The summed E-state index contributed by atoms with van der Waals surface area (Å²) in [7, 11) is 0. The molecule has 0 atom stereocenters. The Hall–Kier alpha value is -2.95. The van der Waals surface area contributed by atoms with Gasteiger partial charge >= 0.3 is 5.97 Å². The van der Waals surface area contributed by atoms with Gasteiger partial charge in [0, 0.05) is 24.5 Å². The Morgan fingerprint density at radius 2 is 1.91 bits per heavy atom. The minimum atomic E-state index is -0.934. The van der Waals surface area contributed by atoms with Crippen molar-refractivity contribution in [2.75, 3.05) is 0 Å². The van der Waals surface area contributed by atoms with Crippen molar-refractivity contribution < 1.29 is 9.90 Å². The van der Waals surface area contributed by atoms with Gasteiger partial charge in [-0.05, 0) is 29.7 Å². The third kappa shape index (κ3) is 3.29. The first kappa shape index (κ1) is 15.0. The quantitative estimate of drug-likeness (QED) is 0.787. The molecule has 1 N–H and O–H groups in total. The second-order valence-corrected chi connectivity index (χ2v) is 5.41. The maximum absolute atomic E-state index is 11.3. The van der Waals surface area contributed by atoms with Crippen LogP contribution < -0.4 is 0 Å². The maximum Gasteiger partial charge on any atom is 0.336 e. The van der Waals surface area contributed by atoms with E-state index in [1.165, 1.54) is 17.8 Å². The number of hydrogen-bond acceptors (Lipinski definition) is 3. The first-order valence-electron chi connectivity index (χ1n) is 7.36. The third-order valence-electron chi connectivity index (χ3n) is 3.89. The Bertz CT molecular complexity index is 825. The molecule has 0 bridgehead atoms. The summed E-state index contributed by atoms with van der Waals surface area (Å²) >= 11 is 0. The Morgan fingerprint density at radius 1 is 1.13 bits per heavy atom. The van der Waals surface area contributed by atoms with E-state index in [0.29, 0.717) is 18.5 Å². The molecule has 0 fully saturated rings. The Morgan fingerprint density at radius 3 is 2.65 bits per heavy atom. The highest BCUT2D eigenvalue weighted by Crippen LogP contribution is 2.17. The molecule has 2 heterocycles. The highest BCUT2D eigenvalue weighted by Gasteiger charge is 2.13. The molecule has 3 rings (SSSR count). The molecule has 0 radical (unpaired) electrons. The number of carbonyl (C=O) groups is 1. The van der Waals surface area contributed by atoms with Crippen molar-refractivity contribution in [1.82, 2.24) is 14.8 Å². The number of nitrogens with zero attached hydrogens (tertiary/aromatic N) is 3. The normalized spacial score (nSPS) is 10.7. The molecule has 3 aromatic rings. The summed E-state index contributed by atoms with van der Waals surface area (Å²) in [5, 5.41) is 13.7. The molecule has 1 aromatic carbocycles. The molecule has 5 nitrogen and oxygen atoms in total. The fraction of sp³-hybridized carbons (Fsp3) is 0.167. The number of aromatic nitrogens is 3. The molecular formula is C18H17N3O2. The van der Waals surface area contributed by atoms with Crippen LogP contribution in [0, 0.1) is 6.92 Å². The summed E-state index contributed by atoms with van der Waals surface area (Å²) in [4.78, 5) is 15.3. The minimum absolute atomic E-state index is 0.287. The van der Waals surface area contributed by atoms with E-state index in [9.17, 15) is 9.90 Å². The molecule has 0 amide bonds. The van der Waals surface area contributed by atoms with Crippen molar-refractivity contribution in [1.29, 1.82) is 0 Å². The zero-order valence-electron chi connectivity index (χ0n) is 12.8. The van der Waals surface area contributed by atoms with Gasteiger partial charge < -0.3 is 5.11 Å². The van der Waals surface area contributed by atoms with Crippen LogP contribution in [0.5, 0.6) is 0 Å². The summed E-state index contributed by atoms with van der Waals surface area (Å²) in [5.41, 5.74) is 4.21. The van der Waals surface area contributed by atoms with Crippen LogP contribution in [0.25, 0.3) is 0 Å². The summed E-state index contributed by atoms with van der Waals surface area (Å²) in [5.74, 6) is -0.934. The number of benzene rings is 1.